The van der Waals surface area contributed by atoms with Crippen LogP contribution in [0.3, 0.4) is 0 Å². The van der Waals surface area contributed by atoms with E-state index in [0.29, 0.717) is 22.4 Å². The average Bonchev–Trinajstić information content (AvgIpc) is 3.13. The summed E-state index contributed by atoms with van der Waals surface area (Å²) < 4.78 is 2.08. The number of halogens is 1. The normalized spacial score (nSPS) is 19.6. The van der Waals surface area contributed by atoms with Gasteiger partial charge in [0.2, 0.25) is 0 Å². The number of hydrogen-bond acceptors (Lipinski definition) is 3. The number of nitrogens with zero attached hydrogens (tertiary/aromatic N) is 2. The van der Waals surface area contributed by atoms with Gasteiger partial charge in [-0.15, -0.1) is 0 Å². The molecule has 0 unspecified atom stereocenters. The van der Waals surface area contributed by atoms with E-state index in [1.165, 1.54) is 24.2 Å². The number of hydrogen-bond donors (Lipinski definition) is 0. The Morgan fingerprint density at radius 3 is 2.59 bits per heavy atom. The van der Waals surface area contributed by atoms with Gasteiger partial charge in [0.25, 0.3) is 11.1 Å². The minimum Gasteiger partial charge on any atom is -0.316 e. The molecule has 1 aromatic heterocycles. The number of aromatic nitrogens is 1. The van der Waals surface area contributed by atoms with Crippen molar-refractivity contribution < 1.29 is 9.59 Å². The van der Waals surface area contributed by atoms with Gasteiger partial charge >= 0.3 is 0 Å². The molecule has 1 aliphatic heterocycles. The second-order valence-electron chi connectivity index (χ2n) is 7.91. The van der Waals surface area contributed by atoms with Crippen LogP contribution in [0.15, 0.2) is 35.2 Å². The fraction of sp³-hybridized carbons (Fsp3) is 0.391. The predicted octanol–water partition coefficient (Wildman–Crippen LogP) is 6.36. The van der Waals surface area contributed by atoms with Crippen LogP contribution in [0, 0.1) is 19.8 Å². The molecule has 2 heterocycles. The first-order valence-corrected chi connectivity index (χ1v) is 11.3. The number of carbonyl (C=O) groups excluding carboxylic acids is 2. The van der Waals surface area contributed by atoms with E-state index < -0.39 is 0 Å². The highest BCUT2D eigenvalue weighted by Gasteiger charge is 2.36. The van der Waals surface area contributed by atoms with Gasteiger partial charge in [0.05, 0.1) is 15.6 Å². The quantitative estimate of drug-likeness (QED) is 0.531. The Hall–Kier alpha value is -1.98. The van der Waals surface area contributed by atoms with Crippen molar-refractivity contribution in [1.29, 1.82) is 0 Å². The van der Waals surface area contributed by atoms with E-state index in [9.17, 15) is 9.59 Å². The molecule has 2 fully saturated rings. The largest absolute Gasteiger partial charge is 0.316 e. The summed E-state index contributed by atoms with van der Waals surface area (Å²) in [5.41, 5.74) is 3.87. The van der Waals surface area contributed by atoms with Crippen molar-refractivity contribution in [2.24, 2.45) is 5.92 Å². The topological polar surface area (TPSA) is 42.3 Å². The molecular weight excluding hydrogens is 404 g/mol. The van der Waals surface area contributed by atoms with Crippen LogP contribution in [0.2, 0.25) is 5.02 Å². The summed E-state index contributed by atoms with van der Waals surface area (Å²) in [7, 11) is 0. The van der Waals surface area contributed by atoms with Crippen LogP contribution in [-0.2, 0) is 4.79 Å². The molecule has 0 atom stereocenters. The minimum atomic E-state index is -0.159. The van der Waals surface area contributed by atoms with E-state index in [0.717, 1.165) is 47.2 Å². The van der Waals surface area contributed by atoms with Crippen molar-refractivity contribution in [2.75, 3.05) is 6.54 Å². The van der Waals surface area contributed by atoms with Crippen LogP contribution in [0.5, 0.6) is 0 Å². The molecule has 4 nitrogen and oxygen atoms in total. The lowest BCUT2D eigenvalue weighted by molar-refractivity contribution is -0.123. The van der Waals surface area contributed by atoms with E-state index in [1.807, 2.05) is 50.3 Å². The number of aryl methyl sites for hydroxylation is 1. The van der Waals surface area contributed by atoms with Gasteiger partial charge in [-0.25, -0.2) is 0 Å². The summed E-state index contributed by atoms with van der Waals surface area (Å²) in [5, 5.41) is 0.528. The Balaban J connectivity index is 1.60. The molecule has 0 N–H and O–H groups in total. The van der Waals surface area contributed by atoms with Crippen molar-refractivity contribution >= 4 is 40.6 Å². The van der Waals surface area contributed by atoms with Gasteiger partial charge in [0, 0.05) is 17.9 Å². The first-order valence-electron chi connectivity index (χ1n) is 10.1. The van der Waals surface area contributed by atoms with Gasteiger partial charge in [0.1, 0.15) is 0 Å². The summed E-state index contributed by atoms with van der Waals surface area (Å²) in [5.74, 6) is 0.287. The number of amides is 2. The molecule has 0 spiro atoms. The Labute approximate surface area is 180 Å². The maximum Gasteiger partial charge on any atom is 0.293 e. The van der Waals surface area contributed by atoms with E-state index in [4.69, 9.17) is 11.6 Å². The van der Waals surface area contributed by atoms with Gasteiger partial charge in [-0.1, -0.05) is 43.0 Å². The van der Waals surface area contributed by atoms with Gasteiger partial charge in [0.15, 0.2) is 0 Å². The molecule has 1 aliphatic carbocycles. The summed E-state index contributed by atoms with van der Waals surface area (Å²) in [6.45, 7) is 4.58. The van der Waals surface area contributed by atoms with E-state index in [2.05, 4.69) is 4.57 Å². The van der Waals surface area contributed by atoms with Crippen molar-refractivity contribution in [3.8, 4) is 5.69 Å². The lowest BCUT2D eigenvalue weighted by Crippen LogP contribution is -2.34. The number of imide groups is 1. The average molecular weight is 429 g/mol. The van der Waals surface area contributed by atoms with Crippen LogP contribution < -0.4 is 0 Å². The maximum atomic E-state index is 12.9. The first kappa shape index (κ1) is 20.3. The summed E-state index contributed by atoms with van der Waals surface area (Å²) >= 11 is 7.44. The standard InChI is InChI=1S/C23H25ClN2O2S/c1-15-12-18(16(2)26(15)20-11-7-6-10-19(20)24)13-21-22(27)25(23(28)29-21)14-17-8-4-3-5-9-17/h6-7,10-13,17H,3-5,8-9,14H2,1-2H3/b21-13+. The Morgan fingerprint density at radius 1 is 1.14 bits per heavy atom. The van der Waals surface area contributed by atoms with E-state index >= 15 is 0 Å². The molecule has 1 aromatic carbocycles. The molecule has 2 aliphatic rings. The lowest BCUT2D eigenvalue weighted by atomic mass is 9.89. The SMILES string of the molecule is Cc1cc(/C=C2/SC(=O)N(CC3CCCCC3)C2=O)c(C)n1-c1ccccc1Cl. The second kappa shape index (κ2) is 8.41. The molecule has 4 rings (SSSR count). The Bertz CT molecular complexity index is 989. The number of rotatable bonds is 4. The fourth-order valence-electron chi connectivity index (χ4n) is 4.36. The van der Waals surface area contributed by atoms with Crippen LogP contribution in [0.1, 0.15) is 49.1 Å². The third-order valence-electron chi connectivity index (χ3n) is 5.89. The van der Waals surface area contributed by atoms with Crippen LogP contribution in [0.4, 0.5) is 4.79 Å². The number of benzene rings is 1. The maximum absolute atomic E-state index is 12.9. The van der Waals surface area contributed by atoms with Crippen molar-refractivity contribution in [3.05, 3.63) is 57.2 Å². The van der Waals surface area contributed by atoms with Gasteiger partial charge in [-0.05, 0) is 74.2 Å². The Kier molecular flexibility index (Phi) is 5.88. The zero-order valence-corrected chi connectivity index (χ0v) is 18.4. The molecule has 1 saturated carbocycles. The zero-order chi connectivity index (χ0) is 20.5. The summed E-state index contributed by atoms with van der Waals surface area (Å²) in [4.78, 5) is 27.3. The predicted molar refractivity (Wildman–Crippen MR) is 120 cm³/mol. The monoisotopic (exact) mass is 428 g/mol. The van der Waals surface area contributed by atoms with Crippen LogP contribution >= 0.6 is 23.4 Å². The molecular formula is C23H25ClN2O2S. The molecule has 6 heteroatoms. The third-order valence-corrected chi connectivity index (χ3v) is 7.12. The van der Waals surface area contributed by atoms with Crippen molar-refractivity contribution in [2.45, 2.75) is 46.0 Å². The summed E-state index contributed by atoms with van der Waals surface area (Å²) in [6.07, 6.45) is 7.73. The molecule has 0 bridgehead atoms. The van der Waals surface area contributed by atoms with Crippen LogP contribution in [-0.4, -0.2) is 27.2 Å². The fourth-order valence-corrected chi connectivity index (χ4v) is 5.42. The van der Waals surface area contributed by atoms with E-state index in [-0.39, 0.29) is 11.1 Å². The molecule has 2 amide bonds. The van der Waals surface area contributed by atoms with Gasteiger partial charge in [-0.3, -0.25) is 14.5 Å². The summed E-state index contributed by atoms with van der Waals surface area (Å²) in [6, 6.07) is 9.74. The Morgan fingerprint density at radius 2 is 1.86 bits per heavy atom. The smallest absolute Gasteiger partial charge is 0.293 e. The molecule has 1 saturated heterocycles. The minimum absolute atomic E-state index is 0.147. The zero-order valence-electron chi connectivity index (χ0n) is 16.8. The molecule has 0 radical (unpaired) electrons. The third kappa shape index (κ3) is 4.03. The van der Waals surface area contributed by atoms with Crippen molar-refractivity contribution in [3.63, 3.8) is 0 Å². The number of carbonyl (C=O) groups is 2. The highest BCUT2D eigenvalue weighted by Crippen LogP contribution is 2.36. The number of para-hydroxylation sites is 1. The second-order valence-corrected chi connectivity index (χ2v) is 9.31. The first-order chi connectivity index (χ1) is 14.0. The van der Waals surface area contributed by atoms with Gasteiger partial charge < -0.3 is 4.57 Å². The number of thioether (sulfide) groups is 1. The molecule has 29 heavy (non-hydrogen) atoms. The van der Waals surface area contributed by atoms with Gasteiger partial charge in [-0.2, -0.15) is 0 Å². The lowest BCUT2D eigenvalue weighted by Gasteiger charge is -2.25. The highest BCUT2D eigenvalue weighted by molar-refractivity contribution is 8.18. The van der Waals surface area contributed by atoms with E-state index in [1.54, 1.807) is 0 Å². The highest BCUT2D eigenvalue weighted by atomic mass is 35.5. The van der Waals surface area contributed by atoms with Crippen LogP contribution in [0.25, 0.3) is 11.8 Å². The molecule has 2 aromatic rings. The van der Waals surface area contributed by atoms with Crippen molar-refractivity contribution in [1.82, 2.24) is 9.47 Å². The molecule has 152 valence electrons.